The topological polar surface area (TPSA) is 118 Å². The molecule has 0 fully saturated rings. The van der Waals surface area contributed by atoms with E-state index in [4.69, 9.17) is 0 Å². The first kappa shape index (κ1) is 14.3. The summed E-state index contributed by atoms with van der Waals surface area (Å²) in [5, 5.41) is 46.6. The van der Waals surface area contributed by atoms with Crippen LogP contribution in [0.15, 0.2) is 36.4 Å². The molecule has 0 heterocycles. The third-order valence-corrected chi connectivity index (χ3v) is 2.81. The number of benzene rings is 2. The average Bonchev–Trinajstić information content (AvgIpc) is 2.43. The first-order valence-corrected chi connectivity index (χ1v) is 5.88. The van der Waals surface area contributed by atoms with Gasteiger partial charge >= 0.3 is 5.97 Å². The fourth-order valence-electron chi connectivity index (χ4n) is 1.78. The second-order valence-electron chi connectivity index (χ2n) is 4.32. The van der Waals surface area contributed by atoms with Crippen LogP contribution in [0.3, 0.4) is 0 Å². The molecule has 21 heavy (non-hydrogen) atoms. The number of carbonyl (C=O) groups is 1. The summed E-state index contributed by atoms with van der Waals surface area (Å²) in [5.74, 6) is -3.00. The summed E-state index contributed by atoms with van der Waals surface area (Å²) in [4.78, 5) is 11.3. The fraction of sp³-hybridized carbons (Fsp3) is 0. The quantitative estimate of drug-likeness (QED) is 0.335. The molecule has 6 heteroatoms. The monoisotopic (exact) mass is 288 g/mol. The summed E-state index contributed by atoms with van der Waals surface area (Å²) in [5.41, 5.74) is 0.445. The van der Waals surface area contributed by atoms with Gasteiger partial charge in [0.15, 0.2) is 17.2 Å². The van der Waals surface area contributed by atoms with Gasteiger partial charge in [0.1, 0.15) is 5.75 Å². The van der Waals surface area contributed by atoms with Crippen molar-refractivity contribution < 1.29 is 30.3 Å². The largest absolute Gasteiger partial charge is 0.508 e. The Labute approximate surface area is 119 Å². The van der Waals surface area contributed by atoms with E-state index in [1.807, 2.05) is 0 Å². The van der Waals surface area contributed by atoms with Gasteiger partial charge in [-0.25, -0.2) is 4.79 Å². The van der Waals surface area contributed by atoms with Crippen LogP contribution in [0.5, 0.6) is 23.0 Å². The van der Waals surface area contributed by atoms with Crippen molar-refractivity contribution in [2.24, 2.45) is 0 Å². The first-order valence-electron chi connectivity index (χ1n) is 5.88. The Balaban J connectivity index is 2.52. The summed E-state index contributed by atoms with van der Waals surface area (Å²) in [7, 11) is 0. The standard InChI is InChI=1S/C15H12O6/c16-10-3-1-9(2-4-10)11(15(20)21)5-8-6-12(17)14(19)13(18)7-8/h1-7,16-19H,(H,20,21)/b11-5+. The molecule has 0 amide bonds. The van der Waals surface area contributed by atoms with E-state index < -0.39 is 23.2 Å². The van der Waals surface area contributed by atoms with Crippen molar-refractivity contribution >= 4 is 17.6 Å². The lowest BCUT2D eigenvalue weighted by atomic mass is 10.0. The summed E-state index contributed by atoms with van der Waals surface area (Å²) in [6.45, 7) is 0. The van der Waals surface area contributed by atoms with Crippen molar-refractivity contribution in [1.82, 2.24) is 0 Å². The number of hydrogen-bond donors (Lipinski definition) is 5. The molecule has 0 saturated carbocycles. The van der Waals surface area contributed by atoms with E-state index in [1.165, 1.54) is 30.3 Å². The van der Waals surface area contributed by atoms with E-state index in [-0.39, 0.29) is 16.9 Å². The SMILES string of the molecule is O=C(O)/C(=C/c1cc(O)c(O)c(O)c1)c1ccc(O)cc1. The molecule has 2 aromatic rings. The first-order chi connectivity index (χ1) is 9.88. The lowest BCUT2D eigenvalue weighted by Gasteiger charge is -2.06. The maximum atomic E-state index is 11.3. The second kappa shape index (κ2) is 5.46. The van der Waals surface area contributed by atoms with Crippen LogP contribution in [0.4, 0.5) is 0 Å². The predicted octanol–water partition coefficient (Wildman–Crippen LogP) is 2.13. The number of carboxylic acid groups (broad SMARTS) is 1. The average molecular weight is 288 g/mol. The van der Waals surface area contributed by atoms with Crippen LogP contribution in [0, 0.1) is 0 Å². The molecule has 0 radical (unpaired) electrons. The van der Waals surface area contributed by atoms with E-state index in [9.17, 15) is 30.3 Å². The van der Waals surface area contributed by atoms with Crippen molar-refractivity contribution in [2.75, 3.05) is 0 Å². The van der Waals surface area contributed by atoms with Crippen molar-refractivity contribution in [3.63, 3.8) is 0 Å². The number of phenolic OH excluding ortho intramolecular Hbond substituents is 4. The Hall–Kier alpha value is -3.15. The molecule has 0 aliphatic carbocycles. The van der Waals surface area contributed by atoms with E-state index in [2.05, 4.69) is 0 Å². The smallest absolute Gasteiger partial charge is 0.336 e. The molecule has 0 aromatic heterocycles. The van der Waals surface area contributed by atoms with Crippen molar-refractivity contribution in [3.8, 4) is 23.0 Å². The zero-order chi connectivity index (χ0) is 15.6. The van der Waals surface area contributed by atoms with E-state index in [0.717, 1.165) is 12.1 Å². The van der Waals surface area contributed by atoms with E-state index in [1.54, 1.807) is 0 Å². The van der Waals surface area contributed by atoms with Gasteiger partial charge in [-0.3, -0.25) is 0 Å². The lowest BCUT2D eigenvalue weighted by molar-refractivity contribution is -0.130. The molecular weight excluding hydrogens is 276 g/mol. The fourth-order valence-corrected chi connectivity index (χ4v) is 1.78. The molecule has 2 rings (SSSR count). The summed E-state index contributed by atoms with van der Waals surface area (Å²) in [6, 6.07) is 7.79. The van der Waals surface area contributed by atoms with E-state index >= 15 is 0 Å². The van der Waals surface area contributed by atoms with E-state index in [0.29, 0.717) is 5.56 Å². The van der Waals surface area contributed by atoms with Crippen LogP contribution in [-0.2, 0) is 4.79 Å². The van der Waals surface area contributed by atoms with Gasteiger partial charge in [0, 0.05) is 0 Å². The van der Waals surface area contributed by atoms with Crippen molar-refractivity contribution in [3.05, 3.63) is 47.5 Å². The van der Waals surface area contributed by atoms with Crippen LogP contribution < -0.4 is 0 Å². The molecule has 0 aliphatic heterocycles. The minimum atomic E-state index is -1.22. The van der Waals surface area contributed by atoms with Gasteiger partial charge in [0.25, 0.3) is 0 Å². The summed E-state index contributed by atoms with van der Waals surface area (Å²) >= 11 is 0. The normalized spacial score (nSPS) is 11.3. The highest BCUT2D eigenvalue weighted by Crippen LogP contribution is 2.36. The van der Waals surface area contributed by atoms with Gasteiger partial charge in [-0.2, -0.15) is 0 Å². The molecule has 0 saturated heterocycles. The molecule has 0 bridgehead atoms. The van der Waals surface area contributed by atoms with Crippen molar-refractivity contribution in [2.45, 2.75) is 0 Å². The molecule has 0 spiro atoms. The van der Waals surface area contributed by atoms with Crippen LogP contribution in [0.25, 0.3) is 11.6 Å². The zero-order valence-electron chi connectivity index (χ0n) is 10.7. The number of phenols is 4. The van der Waals surface area contributed by atoms with Gasteiger partial charge in [-0.15, -0.1) is 0 Å². The Morgan fingerprint density at radius 3 is 1.90 bits per heavy atom. The van der Waals surface area contributed by atoms with Gasteiger partial charge in [0.05, 0.1) is 5.57 Å². The molecule has 0 atom stereocenters. The number of hydrogen-bond acceptors (Lipinski definition) is 5. The molecular formula is C15H12O6. The molecule has 6 nitrogen and oxygen atoms in total. The van der Waals surface area contributed by atoms with Crippen LogP contribution in [-0.4, -0.2) is 31.5 Å². The van der Waals surface area contributed by atoms with Crippen LogP contribution in [0.1, 0.15) is 11.1 Å². The molecule has 0 unspecified atom stereocenters. The number of aliphatic carboxylic acids is 1. The molecule has 2 aromatic carbocycles. The van der Waals surface area contributed by atoms with Crippen molar-refractivity contribution in [1.29, 1.82) is 0 Å². The van der Waals surface area contributed by atoms with Gasteiger partial charge in [0.2, 0.25) is 0 Å². The third kappa shape index (κ3) is 3.06. The highest BCUT2D eigenvalue weighted by Gasteiger charge is 2.13. The highest BCUT2D eigenvalue weighted by molar-refractivity contribution is 6.20. The molecule has 108 valence electrons. The zero-order valence-corrected chi connectivity index (χ0v) is 10.7. The minimum Gasteiger partial charge on any atom is -0.508 e. The summed E-state index contributed by atoms with van der Waals surface area (Å²) in [6.07, 6.45) is 1.23. The maximum Gasteiger partial charge on any atom is 0.336 e. The Morgan fingerprint density at radius 1 is 0.905 bits per heavy atom. The Bertz CT molecular complexity index is 692. The highest BCUT2D eigenvalue weighted by atomic mass is 16.4. The number of rotatable bonds is 3. The number of aromatic hydroxyl groups is 4. The maximum absolute atomic E-state index is 11.3. The summed E-state index contributed by atoms with van der Waals surface area (Å²) < 4.78 is 0. The second-order valence-corrected chi connectivity index (χ2v) is 4.32. The molecule has 0 aliphatic rings. The molecule has 5 N–H and O–H groups in total. The van der Waals surface area contributed by atoms with Gasteiger partial charge in [-0.05, 0) is 41.5 Å². The van der Waals surface area contributed by atoms with Gasteiger partial charge in [-0.1, -0.05) is 12.1 Å². The predicted molar refractivity (Wildman–Crippen MR) is 75.0 cm³/mol. The third-order valence-electron chi connectivity index (χ3n) is 2.81. The lowest BCUT2D eigenvalue weighted by Crippen LogP contribution is -1.99. The Kier molecular flexibility index (Phi) is 3.71. The van der Waals surface area contributed by atoms with Crippen LogP contribution in [0.2, 0.25) is 0 Å². The number of carboxylic acids is 1. The van der Waals surface area contributed by atoms with Crippen LogP contribution >= 0.6 is 0 Å². The Morgan fingerprint density at radius 2 is 1.43 bits per heavy atom. The minimum absolute atomic E-state index is 0.00316. The van der Waals surface area contributed by atoms with Gasteiger partial charge < -0.3 is 25.5 Å².